The van der Waals surface area contributed by atoms with E-state index in [1.807, 2.05) is 24.5 Å². The van der Waals surface area contributed by atoms with Crippen LogP contribution in [0.1, 0.15) is 68.6 Å². The first-order valence-electron chi connectivity index (χ1n) is 12.6. The van der Waals surface area contributed by atoms with Crippen LogP contribution in [0.3, 0.4) is 0 Å². The fraction of sp³-hybridized carbons (Fsp3) is 0.560. The Hall–Kier alpha value is -2.96. The molecule has 0 aliphatic carbocycles. The molecule has 0 amide bonds. The molecule has 4 atom stereocenters. The van der Waals surface area contributed by atoms with E-state index in [1.165, 1.54) is 7.11 Å². The average molecular weight is 530 g/mol. The highest BCUT2D eigenvalue weighted by molar-refractivity contribution is 7.93. The molecule has 37 heavy (non-hydrogen) atoms. The topological polar surface area (TPSA) is 134 Å². The molecule has 1 saturated heterocycles. The van der Waals surface area contributed by atoms with Crippen molar-refractivity contribution in [3.63, 3.8) is 0 Å². The van der Waals surface area contributed by atoms with Crippen molar-refractivity contribution in [3.05, 3.63) is 47.8 Å². The fourth-order valence-corrected chi connectivity index (χ4v) is 5.81. The highest BCUT2D eigenvalue weighted by Crippen LogP contribution is 2.34. The van der Waals surface area contributed by atoms with Crippen molar-refractivity contribution in [1.82, 2.24) is 29.7 Å². The van der Waals surface area contributed by atoms with Crippen molar-refractivity contribution in [2.75, 3.05) is 18.4 Å². The maximum Gasteiger partial charge on any atom is 0.240 e. The molecule has 11 nitrogen and oxygen atoms in total. The molecule has 1 aliphatic heterocycles. The summed E-state index contributed by atoms with van der Waals surface area (Å²) in [5.74, 6) is 0.956. The van der Waals surface area contributed by atoms with Crippen LogP contribution in [0.15, 0.2) is 30.9 Å². The third kappa shape index (κ3) is 5.97. The van der Waals surface area contributed by atoms with Gasteiger partial charge in [-0.05, 0) is 63.6 Å². The molecule has 0 aromatic carbocycles. The lowest BCUT2D eigenvalue weighted by Gasteiger charge is -2.32. The number of ether oxygens (including phenoxy) is 2. The monoisotopic (exact) mass is 529 g/mol. The summed E-state index contributed by atoms with van der Waals surface area (Å²) in [6, 6.07) is 1.79. The molecule has 0 saturated carbocycles. The molecule has 3 aromatic heterocycles. The molecule has 1 fully saturated rings. The lowest BCUT2D eigenvalue weighted by molar-refractivity contribution is -0.0169. The first-order chi connectivity index (χ1) is 17.7. The fourth-order valence-electron chi connectivity index (χ4n) is 4.67. The van der Waals surface area contributed by atoms with Crippen molar-refractivity contribution in [3.8, 4) is 11.4 Å². The zero-order valence-corrected chi connectivity index (χ0v) is 22.8. The Morgan fingerprint density at radius 2 is 1.89 bits per heavy atom. The van der Waals surface area contributed by atoms with Gasteiger partial charge >= 0.3 is 0 Å². The van der Waals surface area contributed by atoms with Gasteiger partial charge in [-0.15, -0.1) is 10.2 Å². The molecule has 200 valence electrons. The van der Waals surface area contributed by atoms with Crippen molar-refractivity contribution in [2.45, 2.75) is 76.9 Å². The molecule has 1 N–H and O–H groups in total. The number of nitrogens with one attached hydrogen (secondary N) is 1. The molecule has 4 heterocycles. The zero-order chi connectivity index (χ0) is 26.6. The van der Waals surface area contributed by atoms with Gasteiger partial charge in [0.15, 0.2) is 11.6 Å². The van der Waals surface area contributed by atoms with Crippen LogP contribution in [0.2, 0.25) is 0 Å². The highest BCUT2D eigenvalue weighted by Gasteiger charge is 2.36. The quantitative estimate of drug-likeness (QED) is 0.416. The van der Waals surface area contributed by atoms with E-state index in [9.17, 15) is 8.42 Å². The van der Waals surface area contributed by atoms with E-state index in [0.717, 1.165) is 36.0 Å². The standard InChI is InChI=1S/C25H35N7O4S/c1-6-20(21-9-7-8-10-36-21)32-24(19-11-16(2)12-26-15-19)29-30-25(32)31-37(33,34)18(4)22(35-5)23-27-13-17(3)14-28-23/h11-15,18,20-22H,6-10H2,1-5H3,(H,30,31)/t18-,20-,21-,22-/m0/s1. The number of nitrogens with zero attached hydrogens (tertiary/aromatic N) is 6. The Bertz CT molecular complexity index is 1290. The second-order valence-corrected chi connectivity index (χ2v) is 11.5. The first kappa shape index (κ1) is 27.1. The van der Waals surface area contributed by atoms with Crippen LogP contribution in [0.4, 0.5) is 5.95 Å². The molecular weight excluding hydrogens is 494 g/mol. The normalized spacial score (nSPS) is 18.8. The van der Waals surface area contributed by atoms with Gasteiger partial charge in [0.25, 0.3) is 0 Å². The van der Waals surface area contributed by atoms with Gasteiger partial charge in [-0.25, -0.2) is 18.4 Å². The molecule has 0 radical (unpaired) electrons. The van der Waals surface area contributed by atoms with Crippen molar-refractivity contribution < 1.29 is 17.9 Å². The predicted molar refractivity (Wildman–Crippen MR) is 139 cm³/mol. The minimum absolute atomic E-state index is 0.0837. The number of rotatable bonds is 10. The molecule has 1 aliphatic rings. The first-order valence-corrected chi connectivity index (χ1v) is 14.1. The van der Waals surface area contributed by atoms with Crippen molar-refractivity contribution in [1.29, 1.82) is 0 Å². The number of hydrogen-bond donors (Lipinski definition) is 1. The molecule has 3 aromatic rings. The number of methoxy groups -OCH3 is 1. The minimum atomic E-state index is -3.99. The molecule has 0 spiro atoms. The summed E-state index contributed by atoms with van der Waals surface area (Å²) >= 11 is 0. The molecule has 0 bridgehead atoms. The molecule has 4 rings (SSSR count). The van der Waals surface area contributed by atoms with Gasteiger partial charge < -0.3 is 9.47 Å². The van der Waals surface area contributed by atoms with Crippen LogP contribution in [0, 0.1) is 13.8 Å². The van der Waals surface area contributed by atoms with Crippen LogP contribution >= 0.6 is 0 Å². The van der Waals surface area contributed by atoms with Crippen LogP contribution in [0.5, 0.6) is 0 Å². The van der Waals surface area contributed by atoms with Crippen molar-refractivity contribution in [2.24, 2.45) is 0 Å². The predicted octanol–water partition coefficient (Wildman–Crippen LogP) is 3.79. The number of pyridine rings is 1. The second kappa shape index (κ2) is 11.6. The summed E-state index contributed by atoms with van der Waals surface area (Å²) in [6.07, 6.45) is 9.42. The number of anilines is 1. The molecule has 12 heteroatoms. The number of aryl methyl sites for hydroxylation is 2. The van der Waals surface area contributed by atoms with Gasteiger partial charge in [-0.2, -0.15) is 0 Å². The second-order valence-electron chi connectivity index (χ2n) is 9.48. The van der Waals surface area contributed by atoms with Gasteiger partial charge in [0.1, 0.15) is 11.4 Å². The summed E-state index contributed by atoms with van der Waals surface area (Å²) < 4.78 is 43.4. The van der Waals surface area contributed by atoms with Gasteiger partial charge in [-0.1, -0.05) is 6.92 Å². The number of sulfonamides is 1. The SMILES string of the molecule is CC[C@@H]([C@@H]1CCCCO1)n1c(NS(=O)(=O)[C@@H](C)[C@H](OC)c2ncc(C)cn2)nnc1-c1cncc(C)c1. The maximum absolute atomic E-state index is 13.6. The zero-order valence-electron chi connectivity index (χ0n) is 22.0. The Morgan fingerprint density at radius 1 is 1.14 bits per heavy atom. The van der Waals surface area contributed by atoms with Crippen LogP contribution in [0.25, 0.3) is 11.4 Å². The van der Waals surface area contributed by atoms with Gasteiger partial charge in [0.05, 0.1) is 12.1 Å². The molecular formula is C25H35N7O4S. The van der Waals surface area contributed by atoms with E-state index in [2.05, 4.69) is 36.8 Å². The average Bonchev–Trinajstić information content (AvgIpc) is 3.29. The van der Waals surface area contributed by atoms with E-state index >= 15 is 0 Å². The Kier molecular flexibility index (Phi) is 8.50. The third-order valence-corrected chi connectivity index (χ3v) is 8.37. The molecule has 0 unspecified atom stereocenters. The van der Waals surface area contributed by atoms with Gasteiger partial charge in [0, 0.05) is 44.1 Å². The lowest BCUT2D eigenvalue weighted by Crippen LogP contribution is -2.35. The Balaban J connectivity index is 1.73. The lowest BCUT2D eigenvalue weighted by atomic mass is 9.99. The summed E-state index contributed by atoms with van der Waals surface area (Å²) in [4.78, 5) is 12.9. The van der Waals surface area contributed by atoms with E-state index in [1.54, 1.807) is 31.7 Å². The van der Waals surface area contributed by atoms with E-state index in [-0.39, 0.29) is 18.1 Å². The number of hydrogen-bond acceptors (Lipinski definition) is 9. The summed E-state index contributed by atoms with van der Waals surface area (Å²) in [5, 5.41) is 7.68. The summed E-state index contributed by atoms with van der Waals surface area (Å²) in [5.41, 5.74) is 2.59. The maximum atomic E-state index is 13.6. The van der Waals surface area contributed by atoms with E-state index in [0.29, 0.717) is 24.7 Å². The van der Waals surface area contributed by atoms with Gasteiger partial charge in [0.2, 0.25) is 16.0 Å². The third-order valence-electron chi connectivity index (χ3n) is 6.68. The van der Waals surface area contributed by atoms with E-state index < -0.39 is 21.4 Å². The van der Waals surface area contributed by atoms with Crippen molar-refractivity contribution >= 4 is 16.0 Å². The highest BCUT2D eigenvalue weighted by atomic mass is 32.2. The van der Waals surface area contributed by atoms with Crippen LogP contribution in [-0.2, 0) is 19.5 Å². The summed E-state index contributed by atoms with van der Waals surface area (Å²) in [6.45, 7) is 8.10. The number of aromatic nitrogens is 6. The van der Waals surface area contributed by atoms with E-state index in [4.69, 9.17) is 9.47 Å². The largest absolute Gasteiger partial charge is 0.376 e. The van der Waals surface area contributed by atoms with Crippen LogP contribution < -0.4 is 4.72 Å². The smallest absolute Gasteiger partial charge is 0.240 e. The Labute approximate surface area is 218 Å². The summed E-state index contributed by atoms with van der Waals surface area (Å²) in [7, 11) is -2.55. The Morgan fingerprint density at radius 3 is 2.51 bits per heavy atom. The minimum Gasteiger partial charge on any atom is -0.376 e. The van der Waals surface area contributed by atoms with Gasteiger partial charge in [-0.3, -0.25) is 14.3 Å². The van der Waals surface area contributed by atoms with Crippen LogP contribution in [-0.4, -0.2) is 63.2 Å².